The third-order valence-corrected chi connectivity index (χ3v) is 3.15. The fourth-order valence-corrected chi connectivity index (χ4v) is 1.82. The first-order valence-corrected chi connectivity index (χ1v) is 5.31. The van der Waals surface area contributed by atoms with Crippen molar-refractivity contribution in [1.29, 1.82) is 0 Å². The Hall–Kier alpha value is -0.710. The lowest BCUT2D eigenvalue weighted by Crippen LogP contribution is -2.31. The summed E-state index contributed by atoms with van der Waals surface area (Å²) in [6.07, 6.45) is -0.434. The van der Waals surface area contributed by atoms with E-state index in [0.29, 0.717) is 5.75 Å². The number of carboxylic acid groups (broad SMARTS) is 2. The highest BCUT2D eigenvalue weighted by Crippen LogP contribution is 2.25. The van der Waals surface area contributed by atoms with Crippen molar-refractivity contribution in [1.82, 2.24) is 0 Å². The Morgan fingerprint density at radius 2 is 1.93 bits per heavy atom. The zero-order valence-electron chi connectivity index (χ0n) is 8.57. The van der Waals surface area contributed by atoms with Crippen LogP contribution >= 0.6 is 11.8 Å². The third kappa shape index (κ3) is 6.77. The van der Waals surface area contributed by atoms with Crippen LogP contribution in [0.1, 0.15) is 27.2 Å². The van der Waals surface area contributed by atoms with Crippen molar-refractivity contribution in [2.24, 2.45) is 5.41 Å². The monoisotopic (exact) mass is 219 g/mol. The number of carbonyl (C=O) groups is 2. The number of hydrogen-bond acceptors (Lipinski definition) is 4. The highest BCUT2D eigenvalue weighted by molar-refractivity contribution is 8.00. The van der Waals surface area contributed by atoms with Gasteiger partial charge in [-0.25, -0.2) is 0 Å². The van der Waals surface area contributed by atoms with Gasteiger partial charge in [-0.2, -0.15) is 0 Å². The molecule has 4 nitrogen and oxygen atoms in total. The van der Waals surface area contributed by atoms with Gasteiger partial charge >= 0.3 is 5.97 Å². The van der Waals surface area contributed by atoms with Crippen LogP contribution in [0.25, 0.3) is 0 Å². The van der Waals surface area contributed by atoms with Crippen molar-refractivity contribution in [2.75, 3.05) is 5.75 Å². The normalized spacial score (nSPS) is 13.6. The van der Waals surface area contributed by atoms with E-state index in [1.54, 1.807) is 0 Å². The second-order valence-corrected chi connectivity index (χ2v) is 5.47. The molecule has 5 heteroatoms. The first-order valence-electron chi connectivity index (χ1n) is 4.26. The van der Waals surface area contributed by atoms with Gasteiger partial charge in [0, 0.05) is 12.4 Å². The second-order valence-electron chi connectivity index (χ2n) is 4.27. The lowest BCUT2D eigenvalue weighted by atomic mass is 10.0. The van der Waals surface area contributed by atoms with Gasteiger partial charge in [-0.05, 0) is 11.2 Å². The molecule has 0 fully saturated rings. The predicted octanol–water partition coefficient (Wildman–Crippen LogP) is 0.359. The van der Waals surface area contributed by atoms with E-state index >= 15 is 0 Å². The molecule has 0 aromatic heterocycles. The fourth-order valence-electron chi connectivity index (χ4n) is 0.719. The van der Waals surface area contributed by atoms with Gasteiger partial charge in [0.1, 0.15) is 5.25 Å². The Balaban J connectivity index is 4.11. The Morgan fingerprint density at radius 1 is 1.43 bits per heavy atom. The standard InChI is InChI=1S/C9H16O4S/c1-9(2,3)5-14-6(8(12)13)4-7(10)11/h6H,4-5H2,1-3H3,(H,10,11)(H,12,13)/p-1. The number of rotatable bonds is 5. The molecule has 0 saturated heterocycles. The van der Waals surface area contributed by atoms with E-state index in [2.05, 4.69) is 0 Å². The Kier molecular flexibility index (Phi) is 4.97. The first kappa shape index (κ1) is 13.3. The summed E-state index contributed by atoms with van der Waals surface area (Å²) in [7, 11) is 0. The summed E-state index contributed by atoms with van der Waals surface area (Å²) in [5, 5.41) is 18.1. The van der Waals surface area contributed by atoms with Gasteiger partial charge in [0.25, 0.3) is 0 Å². The number of thioether (sulfide) groups is 1. The molecule has 0 heterocycles. The molecule has 14 heavy (non-hydrogen) atoms. The minimum atomic E-state index is -1.32. The number of aliphatic carboxylic acids is 2. The summed E-state index contributed by atoms with van der Waals surface area (Å²) in [6, 6.07) is 0. The number of hydrogen-bond donors (Lipinski definition) is 1. The van der Waals surface area contributed by atoms with Crippen molar-refractivity contribution in [2.45, 2.75) is 32.4 Å². The molecule has 0 bridgehead atoms. The van der Waals surface area contributed by atoms with Crippen molar-refractivity contribution >= 4 is 23.7 Å². The van der Waals surface area contributed by atoms with E-state index < -0.39 is 23.6 Å². The summed E-state index contributed by atoms with van der Waals surface area (Å²) < 4.78 is 0. The zero-order chi connectivity index (χ0) is 11.4. The van der Waals surface area contributed by atoms with Crippen LogP contribution in [0.2, 0.25) is 0 Å². The quantitative estimate of drug-likeness (QED) is 0.722. The van der Waals surface area contributed by atoms with Gasteiger partial charge in [-0.3, -0.25) is 4.79 Å². The van der Waals surface area contributed by atoms with Crippen LogP contribution in [0.4, 0.5) is 0 Å². The maximum atomic E-state index is 10.6. The smallest absolute Gasteiger partial charge is 0.317 e. The minimum Gasteiger partial charge on any atom is -0.550 e. The molecule has 0 aliphatic heterocycles. The van der Waals surface area contributed by atoms with Crippen LogP contribution in [0.15, 0.2) is 0 Å². The molecular weight excluding hydrogens is 204 g/mol. The van der Waals surface area contributed by atoms with Crippen molar-refractivity contribution in [3.63, 3.8) is 0 Å². The summed E-state index contributed by atoms with van der Waals surface area (Å²) in [6.45, 7) is 5.91. The van der Waals surface area contributed by atoms with Crippen LogP contribution in [-0.4, -0.2) is 28.0 Å². The molecule has 0 spiro atoms. The summed E-state index contributed by atoms with van der Waals surface area (Å²) >= 11 is 1.14. The van der Waals surface area contributed by atoms with Gasteiger partial charge in [0.05, 0.1) is 0 Å². The molecule has 1 N–H and O–H groups in total. The van der Waals surface area contributed by atoms with E-state index in [1.165, 1.54) is 0 Å². The average molecular weight is 219 g/mol. The molecule has 0 aliphatic carbocycles. The van der Waals surface area contributed by atoms with Crippen molar-refractivity contribution in [3.05, 3.63) is 0 Å². The Morgan fingerprint density at radius 3 is 2.21 bits per heavy atom. The molecule has 0 aromatic rings. The molecule has 0 radical (unpaired) electrons. The molecule has 0 amide bonds. The molecule has 82 valence electrons. The highest BCUT2D eigenvalue weighted by atomic mass is 32.2. The zero-order valence-corrected chi connectivity index (χ0v) is 9.39. The maximum Gasteiger partial charge on any atom is 0.317 e. The molecule has 0 aliphatic rings. The van der Waals surface area contributed by atoms with Crippen LogP contribution in [0.3, 0.4) is 0 Å². The number of carboxylic acids is 2. The largest absolute Gasteiger partial charge is 0.550 e. The highest BCUT2D eigenvalue weighted by Gasteiger charge is 2.21. The lowest BCUT2D eigenvalue weighted by molar-refractivity contribution is -0.305. The third-order valence-electron chi connectivity index (χ3n) is 1.35. The van der Waals surface area contributed by atoms with Gasteiger partial charge < -0.3 is 15.0 Å². The second kappa shape index (κ2) is 5.24. The fraction of sp³-hybridized carbons (Fsp3) is 0.778. The lowest BCUT2D eigenvalue weighted by Gasteiger charge is -2.20. The molecule has 0 rings (SSSR count). The van der Waals surface area contributed by atoms with Crippen molar-refractivity contribution < 1.29 is 19.8 Å². The SMILES string of the molecule is CC(C)(C)CSC(CC(=O)[O-])C(=O)O. The molecule has 1 unspecified atom stereocenters. The van der Waals surface area contributed by atoms with Crippen LogP contribution in [0.5, 0.6) is 0 Å². The predicted molar refractivity (Wildman–Crippen MR) is 53.0 cm³/mol. The molecular formula is C9H15O4S-. The van der Waals surface area contributed by atoms with E-state index in [4.69, 9.17) is 5.11 Å². The van der Waals surface area contributed by atoms with E-state index in [9.17, 15) is 14.7 Å². The van der Waals surface area contributed by atoms with E-state index in [1.807, 2.05) is 20.8 Å². The van der Waals surface area contributed by atoms with Crippen molar-refractivity contribution in [3.8, 4) is 0 Å². The minimum absolute atomic E-state index is 0.00962. The van der Waals surface area contributed by atoms with E-state index in [0.717, 1.165) is 11.8 Å². The van der Waals surface area contributed by atoms with Crippen LogP contribution < -0.4 is 5.11 Å². The molecule has 0 saturated carbocycles. The Bertz CT molecular complexity index is 219. The summed E-state index contributed by atoms with van der Waals surface area (Å²) in [5.41, 5.74) is -0.00962. The Labute approximate surface area is 87.7 Å². The topological polar surface area (TPSA) is 77.4 Å². The van der Waals surface area contributed by atoms with Gasteiger partial charge in [-0.15, -0.1) is 11.8 Å². The van der Waals surface area contributed by atoms with Crippen LogP contribution in [0, 0.1) is 5.41 Å². The summed E-state index contributed by atoms with van der Waals surface area (Å²) in [5.74, 6) is -1.81. The molecule has 0 aromatic carbocycles. The van der Waals surface area contributed by atoms with E-state index in [-0.39, 0.29) is 5.41 Å². The number of carbonyl (C=O) groups excluding carboxylic acids is 1. The maximum absolute atomic E-state index is 10.6. The van der Waals surface area contributed by atoms with Crippen LogP contribution in [-0.2, 0) is 9.59 Å². The summed E-state index contributed by atoms with van der Waals surface area (Å²) in [4.78, 5) is 20.9. The van der Waals surface area contributed by atoms with Gasteiger partial charge in [0.2, 0.25) is 0 Å². The molecule has 1 atom stereocenters. The first-order chi connectivity index (χ1) is 6.22. The van der Waals surface area contributed by atoms with Gasteiger partial charge in [0.15, 0.2) is 0 Å². The van der Waals surface area contributed by atoms with Gasteiger partial charge in [-0.1, -0.05) is 20.8 Å². The average Bonchev–Trinajstić information content (AvgIpc) is 1.94.